The summed E-state index contributed by atoms with van der Waals surface area (Å²) in [7, 11) is 0. The first kappa shape index (κ1) is 23.2. The molecule has 0 spiro atoms. The number of hydrogen-bond donors (Lipinski definition) is 0. The number of ether oxygens (including phenoxy) is 2. The molecule has 5 rings (SSSR count). The van der Waals surface area contributed by atoms with E-state index in [1.165, 1.54) is 17.8 Å². The van der Waals surface area contributed by atoms with Crippen LogP contribution < -0.4 is 9.47 Å². The van der Waals surface area contributed by atoms with Crippen molar-refractivity contribution in [2.75, 3.05) is 19.9 Å². The molecule has 1 aromatic heterocycles. The maximum Gasteiger partial charge on any atom is 0.263 e. The van der Waals surface area contributed by atoms with Crippen LogP contribution in [0.15, 0.2) is 35.7 Å². The third-order valence-corrected chi connectivity index (χ3v) is 8.86. The van der Waals surface area contributed by atoms with E-state index in [9.17, 15) is 9.59 Å². The zero-order valence-corrected chi connectivity index (χ0v) is 20.9. The standard InChI is InChI=1S/C27H34N2O4S/c1-18-5-3-6-22(19(18)2)29(16-20-8-9-23-24(15-20)33-17-32-23)26(30)21-10-12-28(13-11-21)27(31)25-7-4-14-34-25/h4,7-9,14-15,18-19,21-22H,3,5-6,10-13,16-17H2,1-2H3/t18-,19-,22-/m1/s1. The maximum atomic E-state index is 14.0. The fourth-order valence-corrected chi connectivity index (χ4v) is 6.40. The maximum absolute atomic E-state index is 14.0. The first-order chi connectivity index (χ1) is 16.5. The number of likely N-dealkylation sites (tertiary alicyclic amines) is 1. The van der Waals surface area contributed by atoms with Gasteiger partial charge in [0.2, 0.25) is 12.7 Å². The highest BCUT2D eigenvalue weighted by Gasteiger charge is 2.38. The highest BCUT2D eigenvalue weighted by molar-refractivity contribution is 7.12. The molecule has 2 aromatic rings. The molecule has 34 heavy (non-hydrogen) atoms. The largest absolute Gasteiger partial charge is 0.454 e. The van der Waals surface area contributed by atoms with E-state index in [0.717, 1.165) is 47.6 Å². The van der Waals surface area contributed by atoms with E-state index >= 15 is 0 Å². The van der Waals surface area contributed by atoms with Gasteiger partial charge in [-0.3, -0.25) is 9.59 Å². The average Bonchev–Trinajstić information content (AvgIpc) is 3.56. The van der Waals surface area contributed by atoms with Gasteiger partial charge in [0.25, 0.3) is 5.91 Å². The van der Waals surface area contributed by atoms with Gasteiger partial charge in [-0.05, 0) is 60.2 Å². The predicted octanol–water partition coefficient (Wildman–Crippen LogP) is 5.18. The van der Waals surface area contributed by atoms with Crippen molar-refractivity contribution in [1.29, 1.82) is 0 Å². The summed E-state index contributed by atoms with van der Waals surface area (Å²) in [4.78, 5) is 31.5. The lowest BCUT2D eigenvalue weighted by Gasteiger charge is -2.44. The van der Waals surface area contributed by atoms with Crippen LogP contribution in [-0.2, 0) is 11.3 Å². The number of amides is 2. The Hall–Kier alpha value is -2.54. The highest BCUT2D eigenvalue weighted by Crippen LogP contribution is 2.37. The molecule has 1 saturated carbocycles. The number of nitrogens with zero attached hydrogens (tertiary/aromatic N) is 2. The minimum Gasteiger partial charge on any atom is -0.454 e. The fraction of sp³-hybridized carbons (Fsp3) is 0.556. The van der Waals surface area contributed by atoms with E-state index in [1.807, 2.05) is 40.6 Å². The molecule has 2 aliphatic heterocycles. The lowest BCUT2D eigenvalue weighted by atomic mass is 9.76. The van der Waals surface area contributed by atoms with E-state index < -0.39 is 0 Å². The molecule has 0 radical (unpaired) electrons. The molecule has 3 aliphatic rings. The summed E-state index contributed by atoms with van der Waals surface area (Å²) in [5.41, 5.74) is 1.08. The van der Waals surface area contributed by atoms with Crippen LogP contribution in [0.1, 0.15) is 61.2 Å². The molecule has 3 atom stereocenters. The number of hydrogen-bond acceptors (Lipinski definition) is 5. The van der Waals surface area contributed by atoms with E-state index in [-0.39, 0.29) is 30.6 Å². The molecule has 182 valence electrons. The van der Waals surface area contributed by atoms with Crippen LogP contribution >= 0.6 is 11.3 Å². The molecule has 6 nitrogen and oxygen atoms in total. The number of carbonyl (C=O) groups is 2. The van der Waals surface area contributed by atoms with E-state index in [2.05, 4.69) is 18.7 Å². The van der Waals surface area contributed by atoms with Crippen molar-refractivity contribution in [3.05, 3.63) is 46.2 Å². The van der Waals surface area contributed by atoms with Gasteiger partial charge in [0.1, 0.15) is 0 Å². The van der Waals surface area contributed by atoms with Gasteiger partial charge in [0, 0.05) is 31.6 Å². The Labute approximate surface area is 205 Å². The first-order valence-electron chi connectivity index (χ1n) is 12.5. The van der Waals surface area contributed by atoms with E-state index in [0.29, 0.717) is 31.5 Å². The molecule has 0 N–H and O–H groups in total. The second-order valence-corrected chi connectivity index (χ2v) is 11.0. The lowest BCUT2D eigenvalue weighted by molar-refractivity contribution is -0.142. The fourth-order valence-electron chi connectivity index (χ4n) is 5.71. The summed E-state index contributed by atoms with van der Waals surface area (Å²) in [5, 5.41) is 1.93. The molecule has 1 aromatic carbocycles. The summed E-state index contributed by atoms with van der Waals surface area (Å²) < 4.78 is 11.1. The number of piperidine rings is 1. The van der Waals surface area contributed by atoms with E-state index in [4.69, 9.17) is 9.47 Å². The van der Waals surface area contributed by atoms with Crippen LogP contribution in [0.3, 0.4) is 0 Å². The minimum absolute atomic E-state index is 0.0363. The van der Waals surface area contributed by atoms with Crippen molar-refractivity contribution < 1.29 is 19.1 Å². The van der Waals surface area contributed by atoms with Crippen LogP contribution in [0, 0.1) is 17.8 Å². The zero-order chi connectivity index (χ0) is 23.7. The highest BCUT2D eigenvalue weighted by atomic mass is 32.1. The molecule has 1 aliphatic carbocycles. The predicted molar refractivity (Wildman–Crippen MR) is 132 cm³/mol. The van der Waals surface area contributed by atoms with Crippen molar-refractivity contribution >= 4 is 23.2 Å². The molecular formula is C27H34N2O4S. The molecule has 2 amide bonds. The lowest BCUT2D eigenvalue weighted by Crippen LogP contribution is -2.51. The van der Waals surface area contributed by atoms with Crippen molar-refractivity contribution in [1.82, 2.24) is 9.80 Å². The molecule has 0 bridgehead atoms. The summed E-state index contributed by atoms with van der Waals surface area (Å²) >= 11 is 1.48. The Balaban J connectivity index is 1.31. The van der Waals surface area contributed by atoms with Crippen molar-refractivity contribution in [3.63, 3.8) is 0 Å². The number of carbonyl (C=O) groups excluding carboxylic acids is 2. The third-order valence-electron chi connectivity index (χ3n) is 8.00. The average molecular weight is 483 g/mol. The molecule has 3 heterocycles. The van der Waals surface area contributed by atoms with Gasteiger partial charge >= 0.3 is 0 Å². The van der Waals surface area contributed by atoms with Gasteiger partial charge in [-0.2, -0.15) is 0 Å². The third kappa shape index (κ3) is 4.67. The van der Waals surface area contributed by atoms with Crippen LogP contribution in [0.2, 0.25) is 0 Å². The monoisotopic (exact) mass is 482 g/mol. The number of rotatable bonds is 5. The van der Waals surface area contributed by atoms with Crippen molar-refractivity contribution in [2.45, 2.75) is 58.5 Å². The van der Waals surface area contributed by atoms with Crippen LogP contribution in [-0.4, -0.2) is 47.5 Å². The van der Waals surface area contributed by atoms with Gasteiger partial charge in [0.15, 0.2) is 11.5 Å². The molecule has 0 unspecified atom stereocenters. The summed E-state index contributed by atoms with van der Waals surface area (Å²) in [6, 6.07) is 10.0. The number of benzene rings is 1. The molecular weight excluding hydrogens is 448 g/mol. The van der Waals surface area contributed by atoms with Gasteiger partial charge in [-0.15, -0.1) is 11.3 Å². The van der Waals surface area contributed by atoms with E-state index in [1.54, 1.807) is 0 Å². The van der Waals surface area contributed by atoms with Crippen LogP contribution in [0.25, 0.3) is 0 Å². The quantitative estimate of drug-likeness (QED) is 0.589. The Morgan fingerprint density at radius 1 is 1.06 bits per heavy atom. The second-order valence-electron chi connectivity index (χ2n) is 10.0. The molecule has 7 heteroatoms. The van der Waals surface area contributed by atoms with Crippen molar-refractivity contribution in [2.24, 2.45) is 17.8 Å². The summed E-state index contributed by atoms with van der Waals surface area (Å²) in [6.45, 7) is 6.74. The first-order valence-corrected chi connectivity index (χ1v) is 13.4. The Kier molecular flexibility index (Phi) is 6.82. The second kappa shape index (κ2) is 9.98. The van der Waals surface area contributed by atoms with Gasteiger partial charge in [0.05, 0.1) is 4.88 Å². The number of thiophene rings is 1. The van der Waals surface area contributed by atoms with Crippen LogP contribution in [0.4, 0.5) is 0 Å². The normalized spacial score (nSPS) is 24.8. The smallest absolute Gasteiger partial charge is 0.263 e. The SMILES string of the molecule is C[C@@H]1[C@H](C)CCC[C@H]1N(Cc1ccc2c(c1)OCO2)C(=O)C1CCN(C(=O)c2cccs2)CC1. The Morgan fingerprint density at radius 3 is 2.62 bits per heavy atom. The van der Waals surface area contributed by atoms with Gasteiger partial charge < -0.3 is 19.3 Å². The zero-order valence-electron chi connectivity index (χ0n) is 20.1. The Bertz CT molecular complexity index is 1020. The molecule has 1 saturated heterocycles. The van der Waals surface area contributed by atoms with Crippen LogP contribution in [0.5, 0.6) is 11.5 Å². The Morgan fingerprint density at radius 2 is 1.85 bits per heavy atom. The summed E-state index contributed by atoms with van der Waals surface area (Å²) in [6.07, 6.45) is 4.90. The molecule has 2 fully saturated rings. The van der Waals surface area contributed by atoms with Gasteiger partial charge in [-0.25, -0.2) is 0 Å². The van der Waals surface area contributed by atoms with Crippen molar-refractivity contribution in [3.8, 4) is 11.5 Å². The summed E-state index contributed by atoms with van der Waals surface area (Å²) in [5.74, 6) is 2.90. The van der Waals surface area contributed by atoms with Gasteiger partial charge in [-0.1, -0.05) is 38.8 Å². The number of fused-ring (bicyclic) bond motifs is 1. The minimum atomic E-state index is -0.0363. The topological polar surface area (TPSA) is 59.1 Å².